The summed E-state index contributed by atoms with van der Waals surface area (Å²) in [5, 5.41) is 13.9. The number of halogens is 3. The Morgan fingerprint density at radius 3 is 2.64 bits per heavy atom. The number of fused-ring (bicyclic) bond motifs is 1. The van der Waals surface area contributed by atoms with Crippen molar-refractivity contribution in [3.63, 3.8) is 0 Å². The molecule has 0 bridgehead atoms. The number of aromatic nitrogens is 1. The van der Waals surface area contributed by atoms with Crippen molar-refractivity contribution in [2.75, 3.05) is 5.32 Å². The molecule has 0 aliphatic heterocycles. The maximum absolute atomic E-state index is 12.8. The second-order valence-corrected chi connectivity index (χ2v) is 5.69. The van der Waals surface area contributed by atoms with Crippen LogP contribution in [-0.2, 0) is 6.18 Å². The Balaban J connectivity index is 1.93. The number of hydrogen-bond acceptors (Lipinski definition) is 3. The van der Waals surface area contributed by atoms with Crippen LogP contribution in [0.5, 0.6) is 0 Å². The number of nitrogens with zero attached hydrogens (tertiary/aromatic N) is 1. The molecular weight excluding hydrogens is 293 g/mol. The fourth-order valence-corrected chi connectivity index (χ4v) is 2.93. The summed E-state index contributed by atoms with van der Waals surface area (Å²) in [4.78, 5) is 4.03. The van der Waals surface area contributed by atoms with E-state index in [9.17, 15) is 18.3 Å². The summed E-state index contributed by atoms with van der Waals surface area (Å²) in [5.41, 5.74) is 0.303. The molecule has 2 atom stereocenters. The largest absolute Gasteiger partial charge is 0.416 e. The molecule has 22 heavy (non-hydrogen) atoms. The van der Waals surface area contributed by atoms with Gasteiger partial charge in [-0.3, -0.25) is 4.98 Å². The zero-order chi connectivity index (χ0) is 15.7. The van der Waals surface area contributed by atoms with E-state index in [0.717, 1.165) is 37.8 Å². The summed E-state index contributed by atoms with van der Waals surface area (Å²) in [6, 6.07) is 5.21. The number of nitrogens with one attached hydrogen (secondary N) is 1. The molecule has 1 fully saturated rings. The van der Waals surface area contributed by atoms with E-state index in [2.05, 4.69) is 10.3 Å². The second-order valence-electron chi connectivity index (χ2n) is 5.69. The predicted octanol–water partition coefficient (Wildman–Crippen LogP) is 3.97. The molecular formula is C16H17F3N2O. The van der Waals surface area contributed by atoms with Crippen molar-refractivity contribution in [2.24, 2.45) is 0 Å². The zero-order valence-corrected chi connectivity index (χ0v) is 11.9. The molecule has 118 valence electrons. The average molecular weight is 310 g/mol. The van der Waals surface area contributed by atoms with Gasteiger partial charge in [-0.15, -0.1) is 0 Å². The van der Waals surface area contributed by atoms with Crippen LogP contribution >= 0.6 is 0 Å². The molecule has 2 N–H and O–H groups in total. The molecule has 3 nitrogen and oxygen atoms in total. The third-order valence-corrected chi connectivity index (χ3v) is 4.14. The number of alkyl halides is 3. The Labute approximate surface area is 126 Å². The van der Waals surface area contributed by atoms with E-state index >= 15 is 0 Å². The van der Waals surface area contributed by atoms with Gasteiger partial charge in [-0.25, -0.2) is 0 Å². The van der Waals surface area contributed by atoms with Crippen molar-refractivity contribution in [1.82, 2.24) is 4.98 Å². The lowest BCUT2D eigenvalue weighted by Crippen LogP contribution is -2.36. The fraction of sp³-hybridized carbons (Fsp3) is 0.438. The van der Waals surface area contributed by atoms with Crippen molar-refractivity contribution >= 4 is 16.6 Å². The molecule has 6 heteroatoms. The van der Waals surface area contributed by atoms with E-state index < -0.39 is 17.8 Å². The number of hydrogen-bond donors (Lipinski definition) is 2. The van der Waals surface area contributed by atoms with Gasteiger partial charge in [0.25, 0.3) is 0 Å². The summed E-state index contributed by atoms with van der Waals surface area (Å²) in [5.74, 6) is 0. The first-order chi connectivity index (χ1) is 10.4. The highest BCUT2D eigenvalue weighted by Crippen LogP contribution is 2.33. The normalized spacial score (nSPS) is 22.7. The predicted molar refractivity (Wildman–Crippen MR) is 78.6 cm³/mol. The highest BCUT2D eigenvalue weighted by atomic mass is 19.4. The lowest BCUT2D eigenvalue weighted by Gasteiger charge is -2.29. The van der Waals surface area contributed by atoms with Crippen LogP contribution in [0.3, 0.4) is 0 Å². The van der Waals surface area contributed by atoms with Crippen molar-refractivity contribution in [2.45, 2.75) is 44.0 Å². The van der Waals surface area contributed by atoms with E-state index in [1.807, 2.05) is 0 Å². The molecule has 2 aromatic rings. The van der Waals surface area contributed by atoms with Crippen molar-refractivity contribution in [3.05, 3.63) is 36.0 Å². The molecule has 1 aliphatic carbocycles. The van der Waals surface area contributed by atoms with Crippen LogP contribution in [-0.4, -0.2) is 22.2 Å². The van der Waals surface area contributed by atoms with Gasteiger partial charge in [0, 0.05) is 17.3 Å². The van der Waals surface area contributed by atoms with Gasteiger partial charge in [0.2, 0.25) is 0 Å². The Morgan fingerprint density at radius 2 is 1.91 bits per heavy atom. The van der Waals surface area contributed by atoms with Gasteiger partial charge < -0.3 is 10.4 Å². The van der Waals surface area contributed by atoms with Crippen molar-refractivity contribution in [1.29, 1.82) is 0 Å². The maximum Gasteiger partial charge on any atom is 0.416 e. The molecule has 1 aromatic heterocycles. The number of anilines is 1. The van der Waals surface area contributed by atoms with Crippen LogP contribution in [0.4, 0.5) is 18.9 Å². The minimum Gasteiger partial charge on any atom is -0.391 e. The minimum atomic E-state index is -4.38. The molecule has 0 radical (unpaired) electrons. The summed E-state index contributed by atoms with van der Waals surface area (Å²) >= 11 is 0. The maximum atomic E-state index is 12.8. The molecule has 1 aliphatic rings. The summed E-state index contributed by atoms with van der Waals surface area (Å²) in [6.07, 6.45) is 0.330. The third kappa shape index (κ3) is 3.02. The number of benzene rings is 1. The van der Waals surface area contributed by atoms with Crippen molar-refractivity contribution in [3.8, 4) is 0 Å². The summed E-state index contributed by atoms with van der Waals surface area (Å²) in [7, 11) is 0. The minimum absolute atomic E-state index is 0.0679. The Morgan fingerprint density at radius 1 is 1.14 bits per heavy atom. The van der Waals surface area contributed by atoms with E-state index in [0.29, 0.717) is 16.6 Å². The van der Waals surface area contributed by atoms with Crippen LogP contribution in [0.1, 0.15) is 31.2 Å². The molecule has 1 heterocycles. The Hall–Kier alpha value is -1.82. The van der Waals surface area contributed by atoms with Crippen LogP contribution in [0.2, 0.25) is 0 Å². The van der Waals surface area contributed by atoms with Crippen LogP contribution in [0.15, 0.2) is 30.5 Å². The zero-order valence-electron chi connectivity index (χ0n) is 11.9. The first kappa shape index (κ1) is 15.1. The number of aliphatic hydroxyl groups excluding tert-OH is 1. The Kier molecular flexibility index (Phi) is 3.95. The molecule has 1 saturated carbocycles. The molecule has 2 unspecified atom stereocenters. The highest BCUT2D eigenvalue weighted by molar-refractivity contribution is 5.91. The van der Waals surface area contributed by atoms with Gasteiger partial charge in [-0.2, -0.15) is 13.2 Å². The van der Waals surface area contributed by atoms with E-state index in [1.165, 1.54) is 12.3 Å². The molecule has 0 saturated heterocycles. The van der Waals surface area contributed by atoms with E-state index in [4.69, 9.17) is 0 Å². The lowest BCUT2D eigenvalue weighted by molar-refractivity contribution is -0.137. The standard InChI is InChI=1S/C16H17F3N2O/c17-16(18,19)10-5-6-11-12(7-8-20-14(11)9-10)21-13-3-1-2-4-15(13)22/h5-9,13,15,22H,1-4H2,(H,20,21). The quantitative estimate of drug-likeness (QED) is 0.882. The first-order valence-corrected chi connectivity index (χ1v) is 7.36. The summed E-state index contributed by atoms with van der Waals surface area (Å²) < 4.78 is 38.3. The topological polar surface area (TPSA) is 45.1 Å². The van der Waals surface area contributed by atoms with E-state index in [-0.39, 0.29) is 6.04 Å². The first-order valence-electron chi connectivity index (χ1n) is 7.36. The highest BCUT2D eigenvalue weighted by Gasteiger charge is 2.31. The lowest BCUT2D eigenvalue weighted by atomic mass is 9.92. The average Bonchev–Trinajstić information content (AvgIpc) is 2.48. The van der Waals surface area contributed by atoms with Gasteiger partial charge in [0.05, 0.1) is 23.2 Å². The Bertz CT molecular complexity index is 672. The fourth-order valence-electron chi connectivity index (χ4n) is 2.93. The van der Waals surface area contributed by atoms with Gasteiger partial charge in [0.1, 0.15) is 0 Å². The van der Waals surface area contributed by atoms with Crippen LogP contribution in [0.25, 0.3) is 10.9 Å². The molecule has 1 aromatic carbocycles. The summed E-state index contributed by atoms with van der Waals surface area (Å²) in [6.45, 7) is 0. The van der Waals surface area contributed by atoms with Crippen LogP contribution in [0, 0.1) is 0 Å². The SMILES string of the molecule is OC1CCCCC1Nc1ccnc2cc(C(F)(F)F)ccc12. The number of pyridine rings is 1. The second kappa shape index (κ2) is 5.76. The van der Waals surface area contributed by atoms with Gasteiger partial charge in [0.15, 0.2) is 0 Å². The van der Waals surface area contributed by atoms with Gasteiger partial charge in [-0.05, 0) is 31.0 Å². The van der Waals surface area contributed by atoms with E-state index in [1.54, 1.807) is 6.07 Å². The molecule has 0 amide bonds. The van der Waals surface area contributed by atoms with Crippen LogP contribution < -0.4 is 5.32 Å². The third-order valence-electron chi connectivity index (χ3n) is 4.14. The number of aliphatic hydroxyl groups is 1. The van der Waals surface area contributed by atoms with Crippen molar-refractivity contribution < 1.29 is 18.3 Å². The van der Waals surface area contributed by atoms with Gasteiger partial charge in [-0.1, -0.05) is 18.9 Å². The smallest absolute Gasteiger partial charge is 0.391 e. The molecule has 0 spiro atoms. The van der Waals surface area contributed by atoms with Gasteiger partial charge >= 0.3 is 6.18 Å². The number of rotatable bonds is 2. The molecule has 3 rings (SSSR count). The monoisotopic (exact) mass is 310 g/mol.